The van der Waals surface area contributed by atoms with Gasteiger partial charge in [-0.15, -0.1) is 0 Å². The molecule has 5 rings (SSSR count). The number of aromatic nitrogens is 2. The van der Waals surface area contributed by atoms with Crippen molar-refractivity contribution >= 4 is 40.3 Å². The van der Waals surface area contributed by atoms with Crippen molar-refractivity contribution in [2.24, 2.45) is 0 Å². The van der Waals surface area contributed by atoms with Crippen molar-refractivity contribution in [1.82, 2.24) is 14.7 Å². The Hall–Kier alpha value is -3.68. The maximum Gasteiger partial charge on any atom is 0.266 e. The van der Waals surface area contributed by atoms with Crippen molar-refractivity contribution < 1.29 is 9.53 Å². The lowest BCUT2D eigenvalue weighted by Crippen LogP contribution is -2.27. The Morgan fingerprint density at radius 1 is 1.03 bits per heavy atom. The number of nitrogens with zero attached hydrogens (tertiary/aromatic N) is 3. The number of hydrogen-bond donors (Lipinski definition) is 0. The van der Waals surface area contributed by atoms with Gasteiger partial charge in [0.05, 0.1) is 23.7 Å². The first kappa shape index (κ1) is 25.9. The zero-order chi connectivity index (χ0) is 26.5. The zero-order valence-corrected chi connectivity index (χ0v) is 23.1. The first-order valence-corrected chi connectivity index (χ1v) is 13.9. The molecule has 7 heteroatoms. The minimum atomic E-state index is -0.0846. The monoisotopic (exact) mass is 539 g/mol. The van der Waals surface area contributed by atoms with Crippen LogP contribution in [0.25, 0.3) is 23.0 Å². The first-order chi connectivity index (χ1) is 18.5. The molecular weight excluding hydrogens is 510 g/mol. The van der Waals surface area contributed by atoms with E-state index in [0.717, 1.165) is 52.2 Å². The SMILES string of the molecule is CCCCOc1ccc(-c2nn(-c3ccccc3)cc2C=C2SC(=S)N(Cc3ccccc3)C2=O)c(C)c1. The zero-order valence-electron chi connectivity index (χ0n) is 21.5. The highest BCUT2D eigenvalue weighted by Gasteiger charge is 2.32. The van der Waals surface area contributed by atoms with E-state index in [-0.39, 0.29) is 5.91 Å². The average molecular weight is 540 g/mol. The van der Waals surface area contributed by atoms with Gasteiger partial charge in [-0.25, -0.2) is 4.68 Å². The van der Waals surface area contributed by atoms with Crippen molar-refractivity contribution in [3.63, 3.8) is 0 Å². The molecule has 2 heterocycles. The predicted molar refractivity (Wildman–Crippen MR) is 159 cm³/mol. The Bertz CT molecular complexity index is 1480. The van der Waals surface area contributed by atoms with E-state index in [1.165, 1.54) is 11.8 Å². The van der Waals surface area contributed by atoms with Gasteiger partial charge in [0.25, 0.3) is 5.91 Å². The summed E-state index contributed by atoms with van der Waals surface area (Å²) in [5.74, 6) is 0.768. The maximum atomic E-state index is 13.4. The third-order valence-corrected chi connectivity index (χ3v) is 7.70. The summed E-state index contributed by atoms with van der Waals surface area (Å²) in [6.45, 7) is 5.37. The fourth-order valence-corrected chi connectivity index (χ4v) is 5.53. The molecule has 1 saturated heterocycles. The van der Waals surface area contributed by atoms with Crippen molar-refractivity contribution in [2.75, 3.05) is 6.61 Å². The van der Waals surface area contributed by atoms with Crippen molar-refractivity contribution in [3.05, 3.63) is 107 Å². The average Bonchev–Trinajstić information content (AvgIpc) is 3.46. The van der Waals surface area contributed by atoms with Crippen molar-refractivity contribution in [1.29, 1.82) is 0 Å². The Labute approximate surface area is 233 Å². The summed E-state index contributed by atoms with van der Waals surface area (Å²) in [5.41, 5.74) is 5.70. The number of aryl methyl sites for hydroxylation is 1. The van der Waals surface area contributed by atoms with Crippen LogP contribution in [0.1, 0.15) is 36.5 Å². The number of unbranched alkanes of at least 4 members (excludes halogenated alkanes) is 1. The van der Waals surface area contributed by atoms with Crippen LogP contribution in [0.5, 0.6) is 5.75 Å². The van der Waals surface area contributed by atoms with Gasteiger partial charge in [-0.3, -0.25) is 9.69 Å². The summed E-state index contributed by atoms with van der Waals surface area (Å²) >= 11 is 6.92. The standard InChI is InChI=1S/C31H29N3O2S2/c1-3-4-17-36-26-15-16-27(22(2)18-26)29-24(21-34(32-29)25-13-9-6-10-14-25)19-28-30(35)33(31(37)38-28)20-23-11-7-5-8-12-23/h5-16,18-19,21H,3-4,17,20H2,1-2H3. The van der Waals surface area contributed by atoms with E-state index in [9.17, 15) is 4.79 Å². The van der Waals surface area contributed by atoms with Crippen LogP contribution in [0.15, 0.2) is 90.0 Å². The second-order valence-corrected chi connectivity index (χ2v) is 10.8. The molecule has 1 fully saturated rings. The van der Waals surface area contributed by atoms with Crippen LogP contribution < -0.4 is 4.74 Å². The summed E-state index contributed by atoms with van der Waals surface area (Å²) in [5, 5.41) is 4.95. The summed E-state index contributed by atoms with van der Waals surface area (Å²) in [6, 6.07) is 26.0. The minimum Gasteiger partial charge on any atom is -0.494 e. The molecule has 1 amide bonds. The normalized spacial score (nSPS) is 14.5. The summed E-state index contributed by atoms with van der Waals surface area (Å²) in [4.78, 5) is 15.6. The van der Waals surface area contributed by atoms with Crippen LogP contribution in [-0.2, 0) is 11.3 Å². The number of thiocarbonyl (C=S) groups is 1. The van der Waals surface area contributed by atoms with E-state index >= 15 is 0 Å². The highest BCUT2D eigenvalue weighted by Crippen LogP contribution is 2.36. The molecule has 5 nitrogen and oxygen atoms in total. The van der Waals surface area contributed by atoms with E-state index in [0.29, 0.717) is 22.4 Å². The number of ether oxygens (including phenoxy) is 1. The Morgan fingerprint density at radius 2 is 1.76 bits per heavy atom. The number of benzene rings is 3. The number of amides is 1. The molecule has 1 aliphatic rings. The molecule has 1 aromatic heterocycles. The molecule has 0 bridgehead atoms. The van der Waals surface area contributed by atoms with E-state index in [4.69, 9.17) is 22.1 Å². The lowest BCUT2D eigenvalue weighted by molar-refractivity contribution is -0.122. The molecular formula is C31H29N3O2S2. The quantitative estimate of drug-likeness (QED) is 0.126. The van der Waals surface area contributed by atoms with E-state index < -0.39 is 0 Å². The van der Waals surface area contributed by atoms with E-state index in [2.05, 4.69) is 19.9 Å². The predicted octanol–water partition coefficient (Wildman–Crippen LogP) is 7.43. The molecule has 3 aromatic carbocycles. The molecule has 0 radical (unpaired) electrons. The molecule has 1 aliphatic heterocycles. The Morgan fingerprint density at radius 3 is 2.47 bits per heavy atom. The van der Waals surface area contributed by atoms with E-state index in [1.807, 2.05) is 89.8 Å². The molecule has 0 spiro atoms. The van der Waals surface area contributed by atoms with Crippen LogP contribution in [0.4, 0.5) is 0 Å². The fraction of sp³-hybridized carbons (Fsp3) is 0.194. The topological polar surface area (TPSA) is 47.4 Å². The molecule has 192 valence electrons. The van der Waals surface area contributed by atoms with Gasteiger partial charge >= 0.3 is 0 Å². The largest absolute Gasteiger partial charge is 0.494 e. The van der Waals surface area contributed by atoms with Gasteiger partial charge in [-0.1, -0.05) is 85.9 Å². The van der Waals surface area contributed by atoms with Crippen LogP contribution >= 0.6 is 24.0 Å². The minimum absolute atomic E-state index is 0.0846. The van der Waals surface area contributed by atoms with Crippen LogP contribution in [-0.4, -0.2) is 31.5 Å². The molecule has 0 unspecified atom stereocenters. The molecule has 0 aliphatic carbocycles. The lowest BCUT2D eigenvalue weighted by atomic mass is 10.0. The van der Waals surface area contributed by atoms with Crippen LogP contribution in [0.3, 0.4) is 0 Å². The Kier molecular flexibility index (Phi) is 8.05. The van der Waals surface area contributed by atoms with E-state index in [1.54, 1.807) is 4.90 Å². The van der Waals surface area contributed by atoms with Gasteiger partial charge in [-0.2, -0.15) is 5.10 Å². The summed E-state index contributed by atoms with van der Waals surface area (Å²) in [6.07, 6.45) is 6.00. The summed E-state index contributed by atoms with van der Waals surface area (Å²) < 4.78 is 8.33. The smallest absolute Gasteiger partial charge is 0.266 e. The van der Waals surface area contributed by atoms with Crippen molar-refractivity contribution in [2.45, 2.75) is 33.2 Å². The number of rotatable bonds is 9. The number of thioether (sulfide) groups is 1. The molecule has 38 heavy (non-hydrogen) atoms. The van der Waals surface area contributed by atoms with Gasteiger partial charge < -0.3 is 4.74 Å². The maximum absolute atomic E-state index is 13.4. The first-order valence-electron chi connectivity index (χ1n) is 12.7. The van der Waals surface area contributed by atoms with Gasteiger partial charge in [0.2, 0.25) is 0 Å². The fourth-order valence-electron chi connectivity index (χ4n) is 4.28. The van der Waals surface area contributed by atoms with Crippen LogP contribution in [0.2, 0.25) is 0 Å². The molecule has 0 N–H and O–H groups in total. The van der Waals surface area contributed by atoms with Crippen LogP contribution in [0, 0.1) is 6.92 Å². The molecule has 0 atom stereocenters. The highest BCUT2D eigenvalue weighted by atomic mass is 32.2. The third kappa shape index (κ3) is 5.74. The van der Waals surface area contributed by atoms with Gasteiger partial charge in [-0.05, 0) is 60.9 Å². The number of hydrogen-bond acceptors (Lipinski definition) is 5. The second-order valence-electron chi connectivity index (χ2n) is 9.15. The van der Waals surface area contributed by atoms with Gasteiger partial charge in [0.1, 0.15) is 15.8 Å². The second kappa shape index (κ2) is 11.8. The highest BCUT2D eigenvalue weighted by molar-refractivity contribution is 8.26. The van der Waals surface area contributed by atoms with Gasteiger partial charge in [0.15, 0.2) is 0 Å². The summed E-state index contributed by atoms with van der Waals surface area (Å²) in [7, 11) is 0. The Balaban J connectivity index is 1.50. The number of para-hydroxylation sites is 1. The number of carbonyl (C=O) groups excluding carboxylic acids is 1. The lowest BCUT2D eigenvalue weighted by Gasteiger charge is -2.14. The third-order valence-electron chi connectivity index (χ3n) is 6.33. The van der Waals surface area contributed by atoms with Gasteiger partial charge in [0, 0.05) is 17.3 Å². The molecule has 0 saturated carbocycles. The molecule has 4 aromatic rings. The van der Waals surface area contributed by atoms with Crippen molar-refractivity contribution in [3.8, 4) is 22.7 Å². The number of carbonyl (C=O) groups is 1.